The number of carbonyl (C=O) groups is 1. The average Bonchev–Trinajstić information content (AvgIpc) is 2.22. The quantitative estimate of drug-likeness (QED) is 0.492. The van der Waals surface area contributed by atoms with Gasteiger partial charge in [0.15, 0.2) is 0 Å². The van der Waals surface area contributed by atoms with E-state index in [0.717, 1.165) is 12.8 Å². The van der Waals surface area contributed by atoms with E-state index in [4.69, 9.17) is 0 Å². The lowest BCUT2D eigenvalue weighted by atomic mass is 9.79. The van der Waals surface area contributed by atoms with E-state index in [1.807, 2.05) is 0 Å². The van der Waals surface area contributed by atoms with Gasteiger partial charge in [0, 0.05) is 6.42 Å². The molecule has 1 aliphatic rings. The summed E-state index contributed by atoms with van der Waals surface area (Å²) in [5.74, 6) is 0.244. The lowest BCUT2D eigenvalue weighted by Crippen LogP contribution is -2.13. The Labute approximate surface area is 93.3 Å². The zero-order valence-corrected chi connectivity index (χ0v) is 10.2. The van der Waals surface area contributed by atoms with Gasteiger partial charge in [0.05, 0.1) is 0 Å². The van der Waals surface area contributed by atoms with Crippen LogP contribution in [0.2, 0.25) is 0 Å². The maximum Gasteiger partial charge on any atom is 0.133 e. The largest absolute Gasteiger partial charge is 0.300 e. The number of carbonyl (C=O) groups excluding carboxylic acids is 1. The summed E-state index contributed by atoms with van der Waals surface area (Å²) >= 11 is 0. The van der Waals surface area contributed by atoms with Crippen LogP contribution in [0.25, 0.3) is 0 Å². The van der Waals surface area contributed by atoms with Crippen LogP contribution in [-0.2, 0) is 4.79 Å². The van der Waals surface area contributed by atoms with Gasteiger partial charge in [0.2, 0.25) is 0 Å². The Kier molecular flexibility index (Phi) is 3.90. The zero-order valence-electron chi connectivity index (χ0n) is 10.2. The molecule has 0 aliphatic heterocycles. The minimum absolute atomic E-state index is 0.244. The molecule has 0 radical (unpaired) electrons. The highest BCUT2D eigenvalue weighted by Crippen LogP contribution is 2.40. The zero-order chi connectivity index (χ0) is 11.5. The van der Waals surface area contributed by atoms with Gasteiger partial charge in [-0.1, -0.05) is 37.6 Å². The van der Waals surface area contributed by atoms with Gasteiger partial charge in [0.1, 0.15) is 5.78 Å². The number of hydrogen-bond donors (Lipinski definition) is 0. The molecule has 15 heavy (non-hydrogen) atoms. The van der Waals surface area contributed by atoms with Crippen LogP contribution < -0.4 is 0 Å². The van der Waals surface area contributed by atoms with Crippen molar-refractivity contribution in [2.75, 3.05) is 0 Å². The summed E-state index contributed by atoms with van der Waals surface area (Å²) in [6, 6.07) is 0. The molecule has 0 aromatic rings. The fourth-order valence-corrected chi connectivity index (χ4v) is 2.15. The second kappa shape index (κ2) is 4.78. The summed E-state index contributed by atoms with van der Waals surface area (Å²) in [5.41, 5.74) is 2.96. The maximum atomic E-state index is 11.0. The fourth-order valence-electron chi connectivity index (χ4n) is 2.15. The van der Waals surface area contributed by atoms with Crippen molar-refractivity contribution in [1.29, 1.82) is 0 Å². The Balaban J connectivity index is 2.83. The van der Waals surface area contributed by atoms with Crippen molar-refractivity contribution in [2.24, 2.45) is 5.41 Å². The third kappa shape index (κ3) is 3.65. The van der Waals surface area contributed by atoms with Gasteiger partial charge in [-0.25, -0.2) is 0 Å². The van der Waals surface area contributed by atoms with E-state index in [1.165, 1.54) is 24.0 Å². The lowest BCUT2D eigenvalue weighted by Gasteiger charge is -2.26. The summed E-state index contributed by atoms with van der Waals surface area (Å²) in [5, 5.41) is 0. The van der Waals surface area contributed by atoms with Crippen LogP contribution in [0.4, 0.5) is 0 Å². The van der Waals surface area contributed by atoms with Crippen molar-refractivity contribution in [3.63, 3.8) is 0 Å². The van der Waals surface area contributed by atoms with E-state index < -0.39 is 0 Å². The van der Waals surface area contributed by atoms with Crippen LogP contribution in [0.15, 0.2) is 23.8 Å². The highest BCUT2D eigenvalue weighted by molar-refractivity contribution is 5.77. The van der Waals surface area contributed by atoms with E-state index in [-0.39, 0.29) is 11.2 Å². The van der Waals surface area contributed by atoms with Gasteiger partial charge in [-0.2, -0.15) is 0 Å². The molecule has 1 heteroatoms. The van der Waals surface area contributed by atoms with Crippen molar-refractivity contribution in [3.05, 3.63) is 23.8 Å². The topological polar surface area (TPSA) is 17.1 Å². The molecular weight excluding hydrogens is 184 g/mol. The summed E-state index contributed by atoms with van der Waals surface area (Å²) in [7, 11) is 0. The van der Waals surface area contributed by atoms with Gasteiger partial charge < -0.3 is 0 Å². The van der Waals surface area contributed by atoms with Gasteiger partial charge >= 0.3 is 0 Å². The van der Waals surface area contributed by atoms with Crippen LogP contribution in [-0.4, -0.2) is 5.78 Å². The Morgan fingerprint density at radius 3 is 2.80 bits per heavy atom. The Morgan fingerprint density at radius 1 is 1.53 bits per heavy atom. The first-order valence-electron chi connectivity index (χ1n) is 5.77. The van der Waals surface area contributed by atoms with Crippen molar-refractivity contribution >= 4 is 5.78 Å². The number of allylic oxidation sites excluding steroid dienone is 3. The minimum Gasteiger partial charge on any atom is -0.300 e. The van der Waals surface area contributed by atoms with E-state index in [9.17, 15) is 4.79 Å². The lowest BCUT2D eigenvalue weighted by molar-refractivity contribution is -0.116. The van der Waals surface area contributed by atoms with Crippen molar-refractivity contribution in [2.45, 2.75) is 52.9 Å². The summed E-state index contributed by atoms with van der Waals surface area (Å²) in [4.78, 5) is 11.0. The first-order chi connectivity index (χ1) is 6.92. The molecule has 0 spiro atoms. The molecule has 0 heterocycles. The molecule has 1 rings (SSSR count). The molecular formula is C14H22O. The van der Waals surface area contributed by atoms with Gasteiger partial charge in [0.25, 0.3) is 0 Å². The molecule has 1 aliphatic carbocycles. The van der Waals surface area contributed by atoms with Crippen LogP contribution >= 0.6 is 0 Å². The molecule has 0 N–H and O–H groups in total. The van der Waals surface area contributed by atoms with Gasteiger partial charge in [-0.15, -0.1) is 0 Å². The highest BCUT2D eigenvalue weighted by Gasteiger charge is 2.25. The monoisotopic (exact) mass is 206 g/mol. The summed E-state index contributed by atoms with van der Waals surface area (Å²) < 4.78 is 0. The average molecular weight is 206 g/mol. The molecule has 0 aromatic heterocycles. The van der Waals surface area contributed by atoms with Gasteiger partial charge in [-0.05, 0) is 38.0 Å². The molecule has 0 amide bonds. The summed E-state index contributed by atoms with van der Waals surface area (Å²) in [6.07, 6.45) is 7.25. The second-order valence-corrected chi connectivity index (χ2v) is 5.30. The van der Waals surface area contributed by atoms with Crippen LogP contribution in [0, 0.1) is 5.41 Å². The minimum atomic E-state index is 0.244. The smallest absolute Gasteiger partial charge is 0.133 e. The van der Waals surface area contributed by atoms with Crippen LogP contribution in [0.3, 0.4) is 0 Å². The highest BCUT2D eigenvalue weighted by atomic mass is 16.1. The van der Waals surface area contributed by atoms with E-state index in [0.29, 0.717) is 6.42 Å². The predicted molar refractivity (Wildman–Crippen MR) is 64.8 cm³/mol. The Morgan fingerprint density at radius 2 is 2.20 bits per heavy atom. The number of ketones is 1. The number of rotatable bonds is 2. The SMILES string of the molecule is C=C1CCCC(C)(C)/C(=C/CC(C)=O)C1. The third-order valence-electron chi connectivity index (χ3n) is 3.28. The third-order valence-corrected chi connectivity index (χ3v) is 3.28. The molecule has 0 bridgehead atoms. The van der Waals surface area contributed by atoms with Gasteiger partial charge in [-0.3, -0.25) is 4.79 Å². The fraction of sp³-hybridized carbons (Fsp3) is 0.643. The Bertz CT molecular complexity index is 294. The molecule has 0 aromatic carbocycles. The molecule has 0 unspecified atom stereocenters. The van der Waals surface area contributed by atoms with Crippen LogP contribution in [0.5, 0.6) is 0 Å². The number of hydrogen-bond acceptors (Lipinski definition) is 1. The molecule has 1 saturated carbocycles. The molecule has 0 saturated heterocycles. The Hall–Kier alpha value is -0.850. The molecule has 1 fully saturated rings. The normalized spacial score (nSPS) is 23.9. The maximum absolute atomic E-state index is 11.0. The second-order valence-electron chi connectivity index (χ2n) is 5.30. The van der Waals surface area contributed by atoms with E-state index in [2.05, 4.69) is 26.5 Å². The molecule has 0 atom stereocenters. The molecule has 84 valence electrons. The van der Waals surface area contributed by atoms with Crippen molar-refractivity contribution < 1.29 is 4.79 Å². The predicted octanol–water partition coefficient (Wildman–Crippen LogP) is 4.05. The first kappa shape index (κ1) is 12.2. The van der Waals surface area contributed by atoms with Crippen molar-refractivity contribution in [1.82, 2.24) is 0 Å². The van der Waals surface area contributed by atoms with Crippen LogP contribution in [0.1, 0.15) is 52.9 Å². The molecule has 1 nitrogen and oxygen atoms in total. The van der Waals surface area contributed by atoms with E-state index in [1.54, 1.807) is 6.92 Å². The standard InChI is InChI=1S/C14H22O/c1-11-6-5-9-14(3,4)13(10-11)8-7-12(2)15/h8H,1,5-7,9-10H2,2-4H3/b13-8+. The first-order valence-corrected chi connectivity index (χ1v) is 5.77. The van der Waals surface area contributed by atoms with Crippen molar-refractivity contribution in [3.8, 4) is 0 Å². The van der Waals surface area contributed by atoms with E-state index >= 15 is 0 Å². The summed E-state index contributed by atoms with van der Waals surface area (Å²) in [6.45, 7) is 10.3. The number of Topliss-reactive ketones (excluding diaryl/α,β-unsaturated/α-hetero) is 1.